The Morgan fingerprint density at radius 1 is 0.826 bits per heavy atom. The Kier molecular flexibility index (Phi) is 8.85. The van der Waals surface area contributed by atoms with Crippen molar-refractivity contribution in [1.29, 1.82) is 0 Å². The van der Waals surface area contributed by atoms with Crippen LogP contribution < -0.4 is 10.6 Å². The second kappa shape index (κ2) is 9.28. The van der Waals surface area contributed by atoms with Crippen molar-refractivity contribution >= 4 is 28.8 Å². The molecule has 7 nitrogen and oxygen atoms in total. The number of hydrogen-bond donors (Lipinski definition) is 2. The molecule has 0 aliphatic rings. The first-order valence-corrected chi connectivity index (χ1v) is 14.0. The van der Waals surface area contributed by atoms with Gasteiger partial charge in [-0.2, -0.15) is 0 Å². The van der Waals surface area contributed by atoms with Crippen LogP contribution in [0.4, 0.5) is 9.59 Å². The van der Waals surface area contributed by atoms with E-state index in [-0.39, 0.29) is 11.5 Å². The average Bonchev–Trinajstić information content (AvgIpc) is 2.47. The zero-order chi connectivity index (χ0) is 18.3. The maximum absolute atomic E-state index is 11.5. The Bertz CT molecular complexity index is 369. The van der Waals surface area contributed by atoms with Gasteiger partial charge in [-0.05, 0) is 39.0 Å². The van der Waals surface area contributed by atoms with E-state index in [0.717, 1.165) is 0 Å². The summed E-state index contributed by atoms with van der Waals surface area (Å²) in [5.41, 5.74) is -0.515. The minimum Gasteiger partial charge on any atom is -0.451 e. The fourth-order valence-electron chi connectivity index (χ4n) is 2.62. The maximum Gasteiger partial charge on any atom is 0.406 e. The lowest BCUT2D eigenvalue weighted by molar-refractivity contribution is 0.114. The summed E-state index contributed by atoms with van der Waals surface area (Å²) in [5, 5.41) is 4.94. The first-order chi connectivity index (χ1) is 10.5. The fraction of sp³-hybridized carbons (Fsp3) is 0.857. The van der Waals surface area contributed by atoms with Crippen LogP contribution in [0.1, 0.15) is 26.7 Å². The summed E-state index contributed by atoms with van der Waals surface area (Å²) in [6.45, 7) is 12.1. The number of carbonyl (C=O) groups excluding carboxylic acids is 2. The van der Waals surface area contributed by atoms with Crippen molar-refractivity contribution in [2.75, 3.05) is 14.1 Å². The van der Waals surface area contributed by atoms with Crippen molar-refractivity contribution in [1.82, 2.24) is 10.6 Å². The fourth-order valence-corrected chi connectivity index (χ4v) is 11.8. The third-order valence-corrected chi connectivity index (χ3v) is 12.1. The first kappa shape index (κ1) is 21.9. The highest BCUT2D eigenvalue weighted by Gasteiger charge is 2.45. The highest BCUT2D eigenvalue weighted by molar-refractivity contribution is 6.86. The number of alkyl carbamates (subject to hydrolysis) is 2. The molecule has 0 aromatic rings. The lowest BCUT2D eigenvalue weighted by Crippen LogP contribution is -2.59. The molecule has 0 fully saturated rings. The van der Waals surface area contributed by atoms with Gasteiger partial charge in [0.1, 0.15) is 11.5 Å². The number of rotatable bonds is 8. The minimum absolute atomic E-state index is 0.258. The van der Waals surface area contributed by atoms with Gasteiger partial charge < -0.3 is 24.2 Å². The van der Waals surface area contributed by atoms with Crippen LogP contribution in [-0.4, -0.2) is 54.4 Å². The van der Waals surface area contributed by atoms with Crippen LogP contribution >= 0.6 is 0 Å². The third kappa shape index (κ3) is 6.92. The van der Waals surface area contributed by atoms with Crippen LogP contribution in [-0.2, 0) is 13.6 Å². The standard InChI is InChI=1S/C14H32N2O5Si2/c1-9-11(19-13(17)15-3)22(5,6)21-23(7,8)12(10-2)20-14(18)16-4/h11-12H,9-10H2,1-8H3,(H,15,17)(H,16,18). The van der Waals surface area contributed by atoms with Crippen molar-refractivity contribution in [3.8, 4) is 0 Å². The monoisotopic (exact) mass is 364 g/mol. The molecule has 0 saturated heterocycles. The van der Waals surface area contributed by atoms with E-state index in [2.05, 4.69) is 10.6 Å². The molecule has 2 unspecified atom stereocenters. The minimum atomic E-state index is -2.32. The van der Waals surface area contributed by atoms with Gasteiger partial charge in [0.05, 0.1) is 0 Å². The summed E-state index contributed by atoms with van der Waals surface area (Å²) >= 11 is 0. The maximum atomic E-state index is 11.5. The predicted molar refractivity (Wildman–Crippen MR) is 95.3 cm³/mol. The van der Waals surface area contributed by atoms with Gasteiger partial charge in [-0.15, -0.1) is 0 Å². The summed E-state index contributed by atoms with van der Waals surface area (Å²) in [7, 11) is -1.57. The highest BCUT2D eigenvalue weighted by Crippen LogP contribution is 2.26. The van der Waals surface area contributed by atoms with E-state index in [0.29, 0.717) is 12.8 Å². The molecule has 9 heteroatoms. The molecule has 0 rings (SSSR count). The molecule has 2 amide bonds. The van der Waals surface area contributed by atoms with Crippen LogP contribution in [0, 0.1) is 0 Å². The lowest BCUT2D eigenvalue weighted by atomic mass is 10.5. The number of carbonyl (C=O) groups is 2. The van der Waals surface area contributed by atoms with Gasteiger partial charge in [-0.3, -0.25) is 0 Å². The summed E-state index contributed by atoms with van der Waals surface area (Å²) in [5.74, 6) is 0. The molecule has 0 aliphatic heterocycles. The second-order valence-electron chi connectivity index (χ2n) is 6.41. The second-order valence-corrected chi connectivity index (χ2v) is 14.9. The van der Waals surface area contributed by atoms with Gasteiger partial charge in [-0.1, -0.05) is 13.8 Å². The van der Waals surface area contributed by atoms with E-state index in [1.54, 1.807) is 0 Å². The average molecular weight is 365 g/mol. The zero-order valence-corrected chi connectivity index (χ0v) is 17.6. The van der Waals surface area contributed by atoms with Crippen LogP contribution in [0.5, 0.6) is 0 Å². The molecule has 0 bridgehead atoms. The molecule has 0 saturated carbocycles. The summed E-state index contributed by atoms with van der Waals surface area (Å²) in [6.07, 6.45) is 0.470. The first-order valence-electron chi connectivity index (χ1n) is 8.00. The quantitative estimate of drug-likeness (QED) is 0.647. The van der Waals surface area contributed by atoms with Crippen LogP contribution in [0.3, 0.4) is 0 Å². The summed E-state index contributed by atoms with van der Waals surface area (Å²) in [4.78, 5) is 23.1. The number of nitrogens with one attached hydrogen (secondary N) is 2. The van der Waals surface area contributed by atoms with Crippen molar-refractivity contribution in [3.05, 3.63) is 0 Å². The molecule has 23 heavy (non-hydrogen) atoms. The molecule has 136 valence electrons. The Morgan fingerprint density at radius 3 is 1.35 bits per heavy atom. The molecule has 2 atom stereocenters. The van der Waals surface area contributed by atoms with E-state index in [4.69, 9.17) is 13.6 Å². The molecular formula is C14H32N2O5Si2. The van der Waals surface area contributed by atoms with Gasteiger partial charge in [0.25, 0.3) is 0 Å². The van der Waals surface area contributed by atoms with Crippen LogP contribution in [0.2, 0.25) is 26.2 Å². The Balaban J connectivity index is 5.12. The molecule has 2 N–H and O–H groups in total. The third-order valence-electron chi connectivity index (χ3n) is 3.73. The normalized spacial score (nSPS) is 14.6. The lowest BCUT2D eigenvalue weighted by Gasteiger charge is -2.40. The molecule has 0 aromatic heterocycles. The van der Waals surface area contributed by atoms with E-state index in [1.165, 1.54) is 14.1 Å². The van der Waals surface area contributed by atoms with Gasteiger partial charge in [-0.25, -0.2) is 9.59 Å². The van der Waals surface area contributed by atoms with E-state index in [9.17, 15) is 9.59 Å². The van der Waals surface area contributed by atoms with Gasteiger partial charge >= 0.3 is 12.2 Å². The SMILES string of the molecule is CCC(OC(=O)NC)[Si](C)(C)O[Si](C)(C)C(CC)OC(=O)NC. The van der Waals surface area contributed by atoms with Crippen molar-refractivity contribution in [2.24, 2.45) is 0 Å². The Labute approximate surface area is 141 Å². The molecule has 0 radical (unpaired) electrons. The number of hydrogen-bond acceptors (Lipinski definition) is 5. The van der Waals surface area contributed by atoms with Crippen LogP contribution in [0.15, 0.2) is 0 Å². The molecule has 0 heterocycles. The van der Waals surface area contributed by atoms with E-state index in [1.807, 2.05) is 40.0 Å². The van der Waals surface area contributed by atoms with Crippen LogP contribution in [0.25, 0.3) is 0 Å². The van der Waals surface area contributed by atoms with Gasteiger partial charge in [0, 0.05) is 14.1 Å². The number of amides is 2. The Morgan fingerprint density at radius 2 is 1.13 bits per heavy atom. The predicted octanol–water partition coefficient (Wildman–Crippen LogP) is 2.76. The zero-order valence-electron chi connectivity index (χ0n) is 15.6. The summed E-state index contributed by atoms with van der Waals surface area (Å²) in [6, 6.07) is 0. The molecule has 0 spiro atoms. The number of ether oxygens (including phenoxy) is 2. The Hall–Kier alpha value is -1.07. The molecule has 0 aliphatic carbocycles. The van der Waals surface area contributed by atoms with E-state index >= 15 is 0 Å². The summed E-state index contributed by atoms with van der Waals surface area (Å²) < 4.78 is 17.4. The van der Waals surface area contributed by atoms with Gasteiger partial charge in [0.15, 0.2) is 0 Å². The largest absolute Gasteiger partial charge is 0.451 e. The van der Waals surface area contributed by atoms with Crippen molar-refractivity contribution in [3.63, 3.8) is 0 Å². The molecule has 0 aromatic carbocycles. The van der Waals surface area contributed by atoms with Crippen molar-refractivity contribution < 1.29 is 23.2 Å². The van der Waals surface area contributed by atoms with Gasteiger partial charge in [0.2, 0.25) is 16.6 Å². The smallest absolute Gasteiger partial charge is 0.406 e. The van der Waals surface area contributed by atoms with Crippen molar-refractivity contribution in [2.45, 2.75) is 64.3 Å². The van der Waals surface area contributed by atoms with E-state index < -0.39 is 28.8 Å². The topological polar surface area (TPSA) is 85.9 Å². The highest BCUT2D eigenvalue weighted by atomic mass is 28.4. The molecular weight excluding hydrogens is 332 g/mol.